The van der Waals surface area contributed by atoms with Crippen LogP contribution in [0.3, 0.4) is 0 Å². The van der Waals surface area contributed by atoms with E-state index in [1.807, 2.05) is 51.1 Å². The molecule has 32 heavy (non-hydrogen) atoms. The van der Waals surface area contributed by atoms with Crippen molar-refractivity contribution in [2.24, 2.45) is 0 Å². The fourth-order valence-corrected chi connectivity index (χ4v) is 4.24. The number of benzene rings is 2. The fraction of sp³-hybridized carbons (Fsp3) is 0.308. The Kier molecular flexibility index (Phi) is 6.42. The molecule has 2 N–H and O–H groups in total. The zero-order valence-corrected chi connectivity index (χ0v) is 18.8. The number of aromatic nitrogens is 1. The summed E-state index contributed by atoms with van der Waals surface area (Å²) in [6.45, 7) is 7.18. The third kappa shape index (κ3) is 4.60. The molecule has 6 nitrogen and oxygen atoms in total. The molecule has 0 bridgehead atoms. The number of nitrogens with zero attached hydrogens (tertiary/aromatic N) is 1. The number of carbonyl (C=O) groups excluding carboxylic acids is 2. The maximum Gasteiger partial charge on any atom is 0.257 e. The first-order valence-corrected chi connectivity index (χ1v) is 11.0. The summed E-state index contributed by atoms with van der Waals surface area (Å²) in [5.74, 6) is -0.460. The molecular formula is C26H29N3O3. The summed E-state index contributed by atoms with van der Waals surface area (Å²) >= 11 is 0. The zero-order chi connectivity index (χ0) is 22.7. The van der Waals surface area contributed by atoms with E-state index in [1.165, 1.54) is 0 Å². The minimum atomic E-state index is -0.239. The number of hydrogen-bond acceptors (Lipinski definition) is 3. The van der Waals surface area contributed by atoms with E-state index in [4.69, 9.17) is 4.74 Å². The SMILES string of the molecule is Cc1cccc(-n2c(C)cc(C(=O)Nc3ccccc3C(=O)NCC3CCCO3)c2C)c1. The number of ether oxygens (including phenoxy) is 1. The van der Waals surface area contributed by atoms with Crippen molar-refractivity contribution in [1.82, 2.24) is 9.88 Å². The van der Waals surface area contributed by atoms with Gasteiger partial charge in [0, 0.05) is 30.2 Å². The molecule has 3 aromatic rings. The van der Waals surface area contributed by atoms with E-state index >= 15 is 0 Å². The largest absolute Gasteiger partial charge is 0.376 e. The van der Waals surface area contributed by atoms with Crippen molar-refractivity contribution in [3.8, 4) is 5.69 Å². The third-order valence-electron chi connectivity index (χ3n) is 5.87. The van der Waals surface area contributed by atoms with Gasteiger partial charge in [-0.05, 0) is 69.5 Å². The molecule has 1 aliphatic heterocycles. The first-order chi connectivity index (χ1) is 15.4. The van der Waals surface area contributed by atoms with E-state index in [2.05, 4.69) is 21.3 Å². The van der Waals surface area contributed by atoms with Gasteiger partial charge in [0.1, 0.15) is 0 Å². The molecule has 1 aromatic heterocycles. The van der Waals surface area contributed by atoms with Crippen molar-refractivity contribution in [3.63, 3.8) is 0 Å². The lowest BCUT2D eigenvalue weighted by Gasteiger charge is -2.14. The molecule has 166 valence electrons. The highest BCUT2D eigenvalue weighted by atomic mass is 16.5. The molecule has 2 aromatic carbocycles. The van der Waals surface area contributed by atoms with Crippen molar-refractivity contribution < 1.29 is 14.3 Å². The van der Waals surface area contributed by atoms with E-state index < -0.39 is 0 Å². The molecular weight excluding hydrogens is 402 g/mol. The molecule has 0 aliphatic carbocycles. The van der Waals surface area contributed by atoms with Crippen LogP contribution in [-0.4, -0.2) is 35.6 Å². The Hall–Kier alpha value is -3.38. The molecule has 1 fully saturated rings. The zero-order valence-electron chi connectivity index (χ0n) is 18.8. The van der Waals surface area contributed by atoms with E-state index in [-0.39, 0.29) is 17.9 Å². The molecule has 2 heterocycles. The van der Waals surface area contributed by atoms with Gasteiger partial charge in [0.05, 0.1) is 22.9 Å². The van der Waals surface area contributed by atoms with Crippen molar-refractivity contribution in [2.45, 2.75) is 39.7 Å². The fourth-order valence-electron chi connectivity index (χ4n) is 4.24. The number of carbonyl (C=O) groups is 2. The number of amides is 2. The smallest absolute Gasteiger partial charge is 0.257 e. The highest BCUT2D eigenvalue weighted by Gasteiger charge is 2.21. The van der Waals surface area contributed by atoms with Gasteiger partial charge in [0.25, 0.3) is 11.8 Å². The van der Waals surface area contributed by atoms with Gasteiger partial charge in [-0.2, -0.15) is 0 Å². The molecule has 2 amide bonds. The molecule has 4 rings (SSSR count). The second-order valence-corrected chi connectivity index (χ2v) is 8.30. The minimum absolute atomic E-state index is 0.0627. The Morgan fingerprint density at radius 2 is 1.81 bits per heavy atom. The quantitative estimate of drug-likeness (QED) is 0.601. The van der Waals surface area contributed by atoms with Gasteiger partial charge in [-0.3, -0.25) is 9.59 Å². The van der Waals surface area contributed by atoms with Crippen LogP contribution in [0.15, 0.2) is 54.6 Å². The van der Waals surface area contributed by atoms with Crippen molar-refractivity contribution >= 4 is 17.5 Å². The van der Waals surface area contributed by atoms with Crippen LogP contribution in [0.1, 0.15) is 50.5 Å². The highest BCUT2D eigenvalue weighted by Crippen LogP contribution is 2.23. The molecule has 1 atom stereocenters. The average Bonchev–Trinajstić information content (AvgIpc) is 3.40. The monoisotopic (exact) mass is 431 g/mol. The van der Waals surface area contributed by atoms with Gasteiger partial charge in [-0.25, -0.2) is 0 Å². The number of hydrogen-bond donors (Lipinski definition) is 2. The first kappa shape index (κ1) is 21.8. The summed E-state index contributed by atoms with van der Waals surface area (Å²) in [6.07, 6.45) is 2.04. The third-order valence-corrected chi connectivity index (χ3v) is 5.87. The Balaban J connectivity index is 1.53. The van der Waals surface area contributed by atoms with Gasteiger partial charge in [0.15, 0.2) is 0 Å². The van der Waals surface area contributed by atoms with Crippen LogP contribution >= 0.6 is 0 Å². The number of anilines is 1. The molecule has 1 saturated heterocycles. The number of rotatable bonds is 6. The van der Waals surface area contributed by atoms with Crippen LogP contribution in [0.5, 0.6) is 0 Å². The first-order valence-electron chi connectivity index (χ1n) is 11.0. The molecule has 6 heteroatoms. The van der Waals surface area contributed by atoms with Gasteiger partial charge in [0.2, 0.25) is 0 Å². The van der Waals surface area contributed by atoms with Crippen LogP contribution < -0.4 is 10.6 Å². The lowest BCUT2D eigenvalue weighted by molar-refractivity contribution is 0.0858. The summed E-state index contributed by atoms with van der Waals surface area (Å²) in [5, 5.41) is 5.86. The minimum Gasteiger partial charge on any atom is -0.376 e. The summed E-state index contributed by atoms with van der Waals surface area (Å²) < 4.78 is 7.65. The Bertz CT molecular complexity index is 1140. The number of para-hydroxylation sites is 1. The van der Waals surface area contributed by atoms with Crippen LogP contribution in [0, 0.1) is 20.8 Å². The second kappa shape index (κ2) is 9.40. The summed E-state index contributed by atoms with van der Waals surface area (Å²) in [5.41, 5.74) is 5.51. The molecule has 1 unspecified atom stereocenters. The Morgan fingerprint density at radius 1 is 1.00 bits per heavy atom. The molecule has 0 saturated carbocycles. The predicted molar refractivity (Wildman–Crippen MR) is 126 cm³/mol. The van der Waals surface area contributed by atoms with Crippen LogP contribution in [-0.2, 0) is 4.74 Å². The number of nitrogens with one attached hydrogen (secondary N) is 2. The molecule has 0 radical (unpaired) electrons. The van der Waals surface area contributed by atoms with Gasteiger partial charge in [-0.1, -0.05) is 24.3 Å². The van der Waals surface area contributed by atoms with E-state index in [0.717, 1.165) is 42.1 Å². The summed E-state index contributed by atoms with van der Waals surface area (Å²) in [4.78, 5) is 25.9. The second-order valence-electron chi connectivity index (χ2n) is 8.30. The van der Waals surface area contributed by atoms with Crippen molar-refractivity contribution in [1.29, 1.82) is 0 Å². The molecule has 1 aliphatic rings. The maximum atomic E-state index is 13.2. The van der Waals surface area contributed by atoms with Gasteiger partial charge in [-0.15, -0.1) is 0 Å². The van der Waals surface area contributed by atoms with Crippen LogP contribution in [0.4, 0.5) is 5.69 Å². The van der Waals surface area contributed by atoms with E-state index in [1.54, 1.807) is 18.2 Å². The topological polar surface area (TPSA) is 72.4 Å². The van der Waals surface area contributed by atoms with Gasteiger partial charge >= 0.3 is 0 Å². The Labute approximate surface area is 188 Å². The predicted octanol–water partition coefficient (Wildman–Crippen LogP) is 4.56. The molecule has 0 spiro atoms. The van der Waals surface area contributed by atoms with Crippen LogP contribution in [0.2, 0.25) is 0 Å². The maximum absolute atomic E-state index is 13.2. The van der Waals surface area contributed by atoms with Crippen molar-refractivity contribution in [2.75, 3.05) is 18.5 Å². The number of aryl methyl sites for hydroxylation is 2. The lowest BCUT2D eigenvalue weighted by Crippen LogP contribution is -2.32. The Morgan fingerprint density at radius 3 is 2.56 bits per heavy atom. The lowest BCUT2D eigenvalue weighted by atomic mass is 10.1. The van der Waals surface area contributed by atoms with E-state index in [0.29, 0.717) is 23.4 Å². The summed E-state index contributed by atoms with van der Waals surface area (Å²) in [7, 11) is 0. The standard InChI is InChI=1S/C26H29N3O3/c1-17-8-6-9-20(14-17)29-18(2)15-23(19(29)3)26(31)28-24-12-5-4-11-22(24)25(30)27-16-21-10-7-13-32-21/h4-6,8-9,11-12,14-15,21H,7,10,13,16H2,1-3H3,(H,27,30)(H,28,31). The van der Waals surface area contributed by atoms with Crippen molar-refractivity contribution in [3.05, 3.63) is 82.7 Å². The van der Waals surface area contributed by atoms with E-state index in [9.17, 15) is 9.59 Å². The average molecular weight is 432 g/mol. The normalized spacial score (nSPS) is 15.5. The van der Waals surface area contributed by atoms with Crippen LogP contribution in [0.25, 0.3) is 5.69 Å². The van der Waals surface area contributed by atoms with Gasteiger partial charge < -0.3 is 19.9 Å². The summed E-state index contributed by atoms with van der Waals surface area (Å²) in [6, 6.07) is 17.1. The highest BCUT2D eigenvalue weighted by molar-refractivity contribution is 6.09.